The number of rotatable bonds is 3. The highest BCUT2D eigenvalue weighted by Gasteiger charge is 2.15. The molecule has 1 aromatic rings. The molecule has 1 saturated heterocycles. The molecule has 0 saturated carbocycles. The zero-order valence-electron chi connectivity index (χ0n) is 9.46. The molecule has 0 radical (unpaired) electrons. The molecule has 0 atom stereocenters. The number of thiazole rings is 1. The van der Waals surface area contributed by atoms with Crippen molar-refractivity contribution in [3.8, 4) is 0 Å². The third-order valence-corrected chi connectivity index (χ3v) is 3.47. The van der Waals surface area contributed by atoms with Gasteiger partial charge in [0.15, 0.2) is 0 Å². The van der Waals surface area contributed by atoms with Gasteiger partial charge in [-0.2, -0.15) is 0 Å². The molecule has 0 aliphatic carbocycles. The molecule has 0 aromatic carbocycles. The number of aromatic nitrogens is 1. The standard InChI is InChI=1S/C11H15N3OS/c1-7(9-3-12-4-9)11(15)13-5-10-6-16-8(2)14-10/h6,12H,3-5H2,1-2H3,(H,13,15). The van der Waals surface area contributed by atoms with E-state index in [1.54, 1.807) is 11.3 Å². The molecule has 1 aliphatic heterocycles. The van der Waals surface area contributed by atoms with E-state index in [1.807, 2.05) is 19.2 Å². The maximum absolute atomic E-state index is 11.7. The van der Waals surface area contributed by atoms with Crippen molar-refractivity contribution >= 4 is 17.2 Å². The van der Waals surface area contributed by atoms with Gasteiger partial charge in [-0.3, -0.25) is 4.79 Å². The largest absolute Gasteiger partial charge is 0.347 e. The van der Waals surface area contributed by atoms with Crippen molar-refractivity contribution in [3.63, 3.8) is 0 Å². The Hall–Kier alpha value is -1.20. The Morgan fingerprint density at radius 2 is 2.38 bits per heavy atom. The number of carbonyl (C=O) groups is 1. The Bertz CT molecular complexity index is 430. The van der Waals surface area contributed by atoms with Gasteiger partial charge < -0.3 is 10.6 Å². The summed E-state index contributed by atoms with van der Waals surface area (Å²) >= 11 is 1.60. The first-order chi connectivity index (χ1) is 7.66. The normalized spacial score (nSPS) is 14.5. The van der Waals surface area contributed by atoms with Crippen LogP contribution < -0.4 is 10.6 Å². The van der Waals surface area contributed by atoms with Gasteiger partial charge >= 0.3 is 0 Å². The molecule has 0 bridgehead atoms. The summed E-state index contributed by atoms with van der Waals surface area (Å²) in [6.45, 7) is 6.03. The summed E-state index contributed by atoms with van der Waals surface area (Å²) in [7, 11) is 0. The maximum Gasteiger partial charge on any atom is 0.247 e. The molecule has 16 heavy (non-hydrogen) atoms. The molecule has 0 unspecified atom stereocenters. The van der Waals surface area contributed by atoms with E-state index in [9.17, 15) is 4.79 Å². The molecule has 86 valence electrons. The fourth-order valence-corrected chi connectivity index (χ4v) is 2.08. The molecule has 2 N–H and O–H groups in total. The summed E-state index contributed by atoms with van der Waals surface area (Å²) in [6.07, 6.45) is 0. The first-order valence-corrected chi connectivity index (χ1v) is 6.13. The van der Waals surface area contributed by atoms with Gasteiger partial charge in [0.2, 0.25) is 5.91 Å². The second kappa shape index (κ2) is 4.76. The van der Waals surface area contributed by atoms with E-state index in [-0.39, 0.29) is 5.91 Å². The SMILES string of the molecule is CC(C(=O)NCc1csc(C)n1)=C1CNC1. The fourth-order valence-electron chi connectivity index (χ4n) is 1.47. The molecular weight excluding hydrogens is 222 g/mol. The van der Waals surface area contributed by atoms with Crippen LogP contribution in [-0.4, -0.2) is 24.0 Å². The van der Waals surface area contributed by atoms with E-state index < -0.39 is 0 Å². The lowest BCUT2D eigenvalue weighted by Gasteiger charge is -2.21. The number of carbonyl (C=O) groups excluding carboxylic acids is 1. The van der Waals surface area contributed by atoms with Gasteiger partial charge in [-0.15, -0.1) is 11.3 Å². The van der Waals surface area contributed by atoms with E-state index in [2.05, 4.69) is 15.6 Å². The number of hydrogen-bond donors (Lipinski definition) is 2. The summed E-state index contributed by atoms with van der Waals surface area (Å²) in [5, 5.41) is 9.01. The van der Waals surface area contributed by atoms with Crippen LogP contribution in [0, 0.1) is 6.92 Å². The van der Waals surface area contributed by atoms with Crippen molar-refractivity contribution < 1.29 is 4.79 Å². The third-order valence-electron chi connectivity index (χ3n) is 2.64. The van der Waals surface area contributed by atoms with Crippen molar-refractivity contribution in [2.75, 3.05) is 13.1 Å². The zero-order valence-corrected chi connectivity index (χ0v) is 10.3. The minimum Gasteiger partial charge on any atom is -0.347 e. The van der Waals surface area contributed by atoms with E-state index >= 15 is 0 Å². The van der Waals surface area contributed by atoms with Crippen molar-refractivity contribution in [1.29, 1.82) is 0 Å². The predicted octanol–water partition coefficient (Wildman–Crippen LogP) is 0.987. The van der Waals surface area contributed by atoms with E-state index in [0.29, 0.717) is 6.54 Å². The first kappa shape index (κ1) is 11.3. The van der Waals surface area contributed by atoms with E-state index in [4.69, 9.17) is 0 Å². The monoisotopic (exact) mass is 237 g/mol. The second-order valence-electron chi connectivity index (χ2n) is 3.87. The van der Waals surface area contributed by atoms with Crippen LogP contribution in [0.25, 0.3) is 0 Å². The fraction of sp³-hybridized carbons (Fsp3) is 0.455. The molecule has 2 rings (SSSR count). The van der Waals surface area contributed by atoms with Crippen molar-refractivity contribution in [2.45, 2.75) is 20.4 Å². The second-order valence-corrected chi connectivity index (χ2v) is 4.93. The number of hydrogen-bond acceptors (Lipinski definition) is 4. The quantitative estimate of drug-likeness (QED) is 0.771. The molecule has 1 amide bonds. The minimum atomic E-state index is 0.0159. The predicted molar refractivity (Wildman–Crippen MR) is 64.3 cm³/mol. The van der Waals surface area contributed by atoms with Crippen LogP contribution in [0.5, 0.6) is 0 Å². The molecule has 1 fully saturated rings. The maximum atomic E-state index is 11.7. The first-order valence-electron chi connectivity index (χ1n) is 5.25. The highest BCUT2D eigenvalue weighted by atomic mass is 32.1. The highest BCUT2D eigenvalue weighted by Crippen LogP contribution is 2.10. The summed E-state index contributed by atoms with van der Waals surface area (Å²) in [6, 6.07) is 0. The van der Waals surface area contributed by atoms with Gasteiger partial charge in [0.05, 0.1) is 17.2 Å². The number of aryl methyl sites for hydroxylation is 1. The van der Waals surface area contributed by atoms with Crippen LogP contribution in [0.2, 0.25) is 0 Å². The molecular formula is C11H15N3OS. The van der Waals surface area contributed by atoms with Crippen LogP contribution in [0.3, 0.4) is 0 Å². The number of nitrogens with one attached hydrogen (secondary N) is 2. The van der Waals surface area contributed by atoms with Gasteiger partial charge in [0.25, 0.3) is 0 Å². The van der Waals surface area contributed by atoms with Crippen LogP contribution in [0.1, 0.15) is 17.6 Å². The van der Waals surface area contributed by atoms with Gasteiger partial charge in [-0.05, 0) is 19.4 Å². The number of amides is 1. The molecule has 5 heteroatoms. The summed E-state index contributed by atoms with van der Waals surface area (Å²) < 4.78 is 0. The molecule has 2 heterocycles. The Balaban J connectivity index is 1.88. The Labute approximate surface area is 98.8 Å². The number of nitrogens with zero attached hydrogens (tertiary/aromatic N) is 1. The smallest absolute Gasteiger partial charge is 0.247 e. The average Bonchev–Trinajstić information content (AvgIpc) is 2.58. The Morgan fingerprint density at radius 1 is 1.62 bits per heavy atom. The summed E-state index contributed by atoms with van der Waals surface area (Å²) in [5.74, 6) is 0.0159. The molecule has 1 aliphatic rings. The average molecular weight is 237 g/mol. The lowest BCUT2D eigenvalue weighted by Crippen LogP contribution is -2.37. The van der Waals surface area contributed by atoms with Crippen molar-refractivity contribution in [2.24, 2.45) is 0 Å². The lowest BCUT2D eigenvalue weighted by molar-refractivity contribution is -0.117. The van der Waals surface area contributed by atoms with Gasteiger partial charge in [0, 0.05) is 24.0 Å². The van der Waals surface area contributed by atoms with Gasteiger partial charge in [0.1, 0.15) is 0 Å². The van der Waals surface area contributed by atoms with Crippen LogP contribution >= 0.6 is 11.3 Å². The van der Waals surface area contributed by atoms with Crippen LogP contribution in [0.15, 0.2) is 16.5 Å². The Morgan fingerprint density at radius 3 is 2.88 bits per heavy atom. The third kappa shape index (κ3) is 2.48. The van der Waals surface area contributed by atoms with E-state index in [0.717, 1.165) is 29.4 Å². The van der Waals surface area contributed by atoms with Crippen molar-refractivity contribution in [1.82, 2.24) is 15.6 Å². The molecule has 0 spiro atoms. The van der Waals surface area contributed by atoms with Crippen molar-refractivity contribution in [3.05, 3.63) is 27.2 Å². The zero-order chi connectivity index (χ0) is 11.5. The Kier molecular flexibility index (Phi) is 3.36. The van der Waals surface area contributed by atoms with Crippen LogP contribution in [-0.2, 0) is 11.3 Å². The molecule has 1 aromatic heterocycles. The molecule has 4 nitrogen and oxygen atoms in total. The minimum absolute atomic E-state index is 0.0159. The topological polar surface area (TPSA) is 54.0 Å². The summed E-state index contributed by atoms with van der Waals surface area (Å²) in [4.78, 5) is 16.0. The summed E-state index contributed by atoms with van der Waals surface area (Å²) in [5.41, 5.74) is 2.97. The van der Waals surface area contributed by atoms with Gasteiger partial charge in [-0.25, -0.2) is 4.98 Å². The lowest BCUT2D eigenvalue weighted by atomic mass is 10.0. The van der Waals surface area contributed by atoms with E-state index in [1.165, 1.54) is 5.57 Å². The highest BCUT2D eigenvalue weighted by molar-refractivity contribution is 7.09. The van der Waals surface area contributed by atoms with Gasteiger partial charge in [-0.1, -0.05) is 0 Å². The van der Waals surface area contributed by atoms with Crippen LogP contribution in [0.4, 0.5) is 0 Å².